The van der Waals surface area contributed by atoms with Crippen molar-refractivity contribution in [3.8, 4) is 136 Å². The predicted molar refractivity (Wildman–Crippen MR) is 498 cm³/mol. The van der Waals surface area contributed by atoms with Crippen molar-refractivity contribution in [1.29, 1.82) is 0 Å². The van der Waals surface area contributed by atoms with Gasteiger partial charge in [-0.25, -0.2) is 54.8 Å². The standard InChI is InChI=1S/C62H40N6.C46H28N10/c1-5-17-43(18-6-1)53-39-59(65-61(63-53)45-21-9-3-10-22-45)67-55-27-15-13-25-49(55)51-37-47(33-35-57(51)67)41-29-31-42(32-30-41)48-34-36-58-52(38-48)50-26-14-16-28-56(50)68(58)60-40-54(44-19-7-2-8-20-44)64-62(66-60)46-23-11-4-12-24-46;1-2-9-29(10-3-1)30-11-8-12-32(21-30)44-50-28-53-46(54-44)56-40-16-7-5-14-36(40)38-23-33(18-20-42(38)56)43-48-24-34(25-49-43)31-17-19-41-37(22-31)35-13-4-6-15-39(35)55(41)45-51-26-47-27-52-45/h1-40H;1-28H. The van der Waals surface area contributed by atoms with Crippen molar-refractivity contribution in [1.82, 2.24) is 78.1 Å². The topological polar surface area (TPSA) is 174 Å². The highest BCUT2D eigenvalue weighted by atomic mass is 15.2. The first-order valence-corrected chi connectivity index (χ1v) is 41.0. The number of hydrogen-bond acceptors (Lipinski definition) is 12. The Balaban J connectivity index is 0.000000146. The Morgan fingerprint density at radius 3 is 0.935 bits per heavy atom. The molecule has 0 bridgehead atoms. The zero-order chi connectivity index (χ0) is 82.0. The Morgan fingerprint density at radius 2 is 0.476 bits per heavy atom. The summed E-state index contributed by atoms with van der Waals surface area (Å²) in [6, 6.07) is 133. The van der Waals surface area contributed by atoms with Crippen LogP contribution in [-0.4, -0.2) is 78.1 Å². The molecule has 0 saturated carbocycles. The van der Waals surface area contributed by atoms with Crippen LogP contribution in [0.5, 0.6) is 0 Å². The highest BCUT2D eigenvalue weighted by Gasteiger charge is 2.24. The lowest BCUT2D eigenvalue weighted by molar-refractivity contribution is 0.939. The molecule has 0 aliphatic carbocycles. The third-order valence-corrected chi connectivity index (χ3v) is 23.2. The van der Waals surface area contributed by atoms with Gasteiger partial charge in [-0.1, -0.05) is 285 Å². The molecule has 0 N–H and O–H groups in total. The summed E-state index contributed by atoms with van der Waals surface area (Å²) in [6.45, 7) is 0. The van der Waals surface area contributed by atoms with Crippen LogP contribution in [0, 0.1) is 0 Å². The first-order chi connectivity index (χ1) is 61.5. The average Bonchev–Trinajstić information content (AvgIpc) is 1.58. The lowest BCUT2D eigenvalue weighted by atomic mass is 9.98. The minimum Gasteiger partial charge on any atom is -0.294 e. The molecule has 0 saturated heterocycles. The van der Waals surface area contributed by atoms with Crippen molar-refractivity contribution < 1.29 is 0 Å². The number of aromatic nitrogens is 16. The molecule has 0 aliphatic heterocycles. The quantitative estimate of drug-likeness (QED) is 0.101. The molecule has 24 rings (SSSR count). The van der Waals surface area contributed by atoms with Gasteiger partial charge in [-0.05, 0) is 124 Å². The monoisotopic (exact) mass is 1590 g/mol. The summed E-state index contributed by atoms with van der Waals surface area (Å²) >= 11 is 0. The Kier molecular flexibility index (Phi) is 17.8. The maximum atomic E-state index is 5.22. The van der Waals surface area contributed by atoms with Gasteiger partial charge < -0.3 is 0 Å². The molecule has 580 valence electrons. The second-order valence-electron chi connectivity index (χ2n) is 30.5. The SMILES string of the molecule is c1ccc(-c2cc(-n3c4ccccc4c4cc(-c5ccc(-c6ccc7c(c6)c6ccccc6n7-c6cc(-c7ccccc7)nc(-c7ccccc7)n6)cc5)ccc43)nc(-c3ccccc3)n2)cc1.c1ccc(-c2cccc(-c3ncnc(-n4c5ccccc5c5cc(-c6ncc(-c7ccc8c(c7)c7ccccc7n8-c7ncncn7)cn6)ccc54)n3)c2)cc1. The van der Waals surface area contributed by atoms with E-state index in [9.17, 15) is 0 Å². The second-order valence-corrected chi connectivity index (χ2v) is 30.5. The molecular formula is C108H68N16. The summed E-state index contributed by atoms with van der Waals surface area (Å²) in [6.07, 6.45) is 8.40. The maximum Gasteiger partial charge on any atom is 0.238 e. The van der Waals surface area contributed by atoms with Gasteiger partial charge in [-0.3, -0.25) is 18.3 Å². The number of benzene rings is 15. The minimum absolute atomic E-state index is 0.549. The fourth-order valence-corrected chi connectivity index (χ4v) is 17.4. The zero-order valence-electron chi connectivity index (χ0n) is 66.4. The van der Waals surface area contributed by atoms with E-state index >= 15 is 0 Å². The Labute approximate surface area is 710 Å². The van der Waals surface area contributed by atoms with Crippen molar-refractivity contribution in [2.24, 2.45) is 0 Å². The number of fused-ring (bicyclic) bond motifs is 12. The largest absolute Gasteiger partial charge is 0.294 e. The molecule has 16 heteroatoms. The third-order valence-electron chi connectivity index (χ3n) is 23.2. The van der Waals surface area contributed by atoms with Gasteiger partial charge >= 0.3 is 0 Å². The number of nitrogens with zero attached hydrogens (tertiary/aromatic N) is 16. The summed E-state index contributed by atoms with van der Waals surface area (Å²) in [5.74, 6) is 5.41. The van der Waals surface area contributed by atoms with Crippen LogP contribution in [0.2, 0.25) is 0 Å². The maximum absolute atomic E-state index is 5.22. The van der Waals surface area contributed by atoms with Crippen molar-refractivity contribution in [3.05, 3.63) is 414 Å². The number of rotatable bonds is 14. The van der Waals surface area contributed by atoms with Gasteiger partial charge in [0.2, 0.25) is 11.9 Å². The molecule has 0 fully saturated rings. The van der Waals surface area contributed by atoms with Crippen molar-refractivity contribution in [2.45, 2.75) is 0 Å². The fraction of sp³-hybridized carbons (Fsp3) is 0. The van der Waals surface area contributed by atoms with Crippen molar-refractivity contribution in [2.75, 3.05) is 0 Å². The van der Waals surface area contributed by atoms with Crippen LogP contribution in [0.25, 0.3) is 223 Å². The first-order valence-electron chi connectivity index (χ1n) is 41.0. The van der Waals surface area contributed by atoms with E-state index < -0.39 is 0 Å². The number of para-hydroxylation sites is 4. The summed E-state index contributed by atoms with van der Waals surface area (Å²) < 4.78 is 8.72. The molecule has 24 aromatic rings. The van der Waals surface area contributed by atoms with Gasteiger partial charge in [0, 0.05) is 107 Å². The molecule has 124 heavy (non-hydrogen) atoms. The van der Waals surface area contributed by atoms with E-state index in [0.29, 0.717) is 35.2 Å². The smallest absolute Gasteiger partial charge is 0.238 e. The minimum atomic E-state index is 0.549. The van der Waals surface area contributed by atoms with E-state index in [4.69, 9.17) is 34.9 Å². The van der Waals surface area contributed by atoms with Gasteiger partial charge in [0.15, 0.2) is 23.3 Å². The molecule has 9 heterocycles. The molecule has 15 aromatic carbocycles. The van der Waals surface area contributed by atoms with Crippen LogP contribution in [-0.2, 0) is 0 Å². The molecular weight excluding hydrogens is 1520 g/mol. The summed E-state index contributed by atoms with van der Waals surface area (Å²) in [5, 5.41) is 9.02. The van der Waals surface area contributed by atoms with Crippen LogP contribution >= 0.6 is 0 Å². The highest BCUT2D eigenvalue weighted by molar-refractivity contribution is 6.14. The van der Waals surface area contributed by atoms with Crippen LogP contribution in [0.4, 0.5) is 0 Å². The lowest BCUT2D eigenvalue weighted by Crippen LogP contribution is -2.03. The second kappa shape index (κ2) is 30.6. The summed E-state index contributed by atoms with van der Waals surface area (Å²) in [4.78, 5) is 57.4. The summed E-state index contributed by atoms with van der Waals surface area (Å²) in [7, 11) is 0. The van der Waals surface area contributed by atoms with Crippen LogP contribution in [0.3, 0.4) is 0 Å². The molecule has 0 atom stereocenters. The molecule has 16 nitrogen and oxygen atoms in total. The summed E-state index contributed by atoms with van der Waals surface area (Å²) in [5.41, 5.74) is 24.8. The number of hydrogen-bond donors (Lipinski definition) is 0. The van der Waals surface area contributed by atoms with Crippen molar-refractivity contribution >= 4 is 87.2 Å². The van der Waals surface area contributed by atoms with Gasteiger partial charge in [0.05, 0.1) is 55.5 Å². The van der Waals surface area contributed by atoms with E-state index in [1.165, 1.54) is 34.2 Å². The van der Waals surface area contributed by atoms with Crippen molar-refractivity contribution in [3.63, 3.8) is 0 Å². The fourth-order valence-electron chi connectivity index (χ4n) is 17.4. The van der Waals surface area contributed by atoms with Crippen LogP contribution < -0.4 is 0 Å². The van der Waals surface area contributed by atoms with Gasteiger partial charge in [0.25, 0.3) is 0 Å². The Morgan fingerprint density at radius 1 is 0.161 bits per heavy atom. The zero-order valence-corrected chi connectivity index (χ0v) is 66.4. The normalized spacial score (nSPS) is 11.5. The van der Waals surface area contributed by atoms with E-state index in [1.807, 2.05) is 109 Å². The van der Waals surface area contributed by atoms with Crippen LogP contribution in [0.1, 0.15) is 0 Å². The first kappa shape index (κ1) is 72.0. The van der Waals surface area contributed by atoms with Gasteiger partial charge in [0.1, 0.15) is 30.6 Å². The molecule has 0 unspecified atom stereocenters. The van der Waals surface area contributed by atoms with E-state index in [1.54, 1.807) is 6.33 Å². The molecule has 0 aliphatic rings. The average molecular weight is 1590 g/mol. The molecule has 0 amide bonds. The van der Waals surface area contributed by atoms with E-state index in [2.05, 4.69) is 328 Å². The lowest BCUT2D eigenvalue weighted by Gasteiger charge is -2.12. The van der Waals surface area contributed by atoms with E-state index in [-0.39, 0.29) is 0 Å². The Hall–Kier alpha value is -17.2. The predicted octanol–water partition coefficient (Wildman–Crippen LogP) is 25.2. The third kappa shape index (κ3) is 13.0. The molecule has 0 spiro atoms. The Bertz CT molecular complexity index is 7820. The van der Waals surface area contributed by atoms with Gasteiger partial charge in [-0.15, -0.1) is 0 Å². The molecule has 9 aromatic heterocycles. The van der Waals surface area contributed by atoms with E-state index in [0.717, 1.165) is 167 Å². The van der Waals surface area contributed by atoms with Gasteiger partial charge in [-0.2, -0.15) is 4.98 Å². The highest BCUT2D eigenvalue weighted by Crippen LogP contribution is 2.42. The van der Waals surface area contributed by atoms with Crippen LogP contribution in [0.15, 0.2) is 414 Å². The molecule has 0 radical (unpaired) electrons.